The second-order valence-electron chi connectivity index (χ2n) is 3.92. The number of benzene rings is 1. The lowest BCUT2D eigenvalue weighted by molar-refractivity contribution is 0.561. The molecule has 3 aromatic rings. The fourth-order valence-electron chi connectivity index (χ4n) is 1.81. The summed E-state index contributed by atoms with van der Waals surface area (Å²) in [5, 5.41) is 0.952. The molecule has 0 aliphatic heterocycles. The van der Waals surface area contributed by atoms with Gasteiger partial charge in [0.2, 0.25) is 0 Å². The van der Waals surface area contributed by atoms with Crippen molar-refractivity contribution in [3.8, 4) is 10.4 Å². The average molecular weight is 242 g/mol. The molecule has 2 aromatic heterocycles. The van der Waals surface area contributed by atoms with Gasteiger partial charge in [0.25, 0.3) is 0 Å². The Balaban J connectivity index is 2.20. The molecule has 3 heteroatoms. The quantitative estimate of drug-likeness (QED) is 0.607. The van der Waals surface area contributed by atoms with Crippen molar-refractivity contribution in [2.24, 2.45) is 0 Å². The molecular weight excluding hydrogens is 232 g/mol. The molecule has 0 saturated carbocycles. The summed E-state index contributed by atoms with van der Waals surface area (Å²) in [6.45, 7) is 2.09. The van der Waals surface area contributed by atoms with Crippen LogP contribution in [0.15, 0.2) is 51.7 Å². The zero-order valence-electron chi connectivity index (χ0n) is 9.27. The summed E-state index contributed by atoms with van der Waals surface area (Å²) in [6, 6.07) is 13.3. The predicted molar refractivity (Wildman–Crippen MR) is 70.5 cm³/mol. The van der Waals surface area contributed by atoms with E-state index in [-0.39, 0.29) is 5.63 Å². The van der Waals surface area contributed by atoms with Gasteiger partial charge in [0, 0.05) is 21.2 Å². The summed E-state index contributed by atoms with van der Waals surface area (Å²) >= 11 is 1.76. The van der Waals surface area contributed by atoms with Gasteiger partial charge in [0.15, 0.2) is 0 Å². The largest absolute Gasteiger partial charge is 0.423 e. The summed E-state index contributed by atoms with van der Waals surface area (Å²) < 4.78 is 5.11. The van der Waals surface area contributed by atoms with Gasteiger partial charge in [0.05, 0.1) is 0 Å². The van der Waals surface area contributed by atoms with Gasteiger partial charge in [-0.3, -0.25) is 0 Å². The topological polar surface area (TPSA) is 30.2 Å². The van der Waals surface area contributed by atoms with Gasteiger partial charge in [-0.15, -0.1) is 11.3 Å². The molecule has 0 atom stereocenters. The Kier molecular flexibility index (Phi) is 2.34. The minimum atomic E-state index is -0.308. The van der Waals surface area contributed by atoms with Crippen molar-refractivity contribution in [2.75, 3.05) is 0 Å². The fourth-order valence-corrected chi connectivity index (χ4v) is 2.68. The van der Waals surface area contributed by atoms with Crippen LogP contribution in [0.5, 0.6) is 0 Å². The van der Waals surface area contributed by atoms with Crippen LogP contribution in [-0.2, 0) is 0 Å². The van der Waals surface area contributed by atoms with Crippen molar-refractivity contribution in [1.29, 1.82) is 0 Å². The molecule has 0 aliphatic rings. The lowest BCUT2D eigenvalue weighted by Crippen LogP contribution is -1.93. The molecule has 0 spiro atoms. The van der Waals surface area contributed by atoms with Crippen molar-refractivity contribution >= 4 is 22.3 Å². The molecule has 0 N–H and O–H groups in total. The molecule has 0 radical (unpaired) electrons. The molecule has 0 amide bonds. The summed E-state index contributed by atoms with van der Waals surface area (Å²) in [4.78, 5) is 13.6. The minimum Gasteiger partial charge on any atom is -0.423 e. The molecule has 0 aliphatic carbocycles. The molecule has 0 fully saturated rings. The van der Waals surface area contributed by atoms with Crippen molar-refractivity contribution in [3.05, 3.63) is 57.8 Å². The molecule has 0 unspecified atom stereocenters. The molecule has 17 heavy (non-hydrogen) atoms. The van der Waals surface area contributed by atoms with Crippen molar-refractivity contribution < 1.29 is 4.42 Å². The van der Waals surface area contributed by atoms with Crippen LogP contribution in [0, 0.1) is 6.92 Å². The lowest BCUT2D eigenvalue weighted by atomic mass is 10.1. The predicted octanol–water partition coefficient (Wildman–Crippen LogP) is 3.83. The first-order valence-corrected chi connectivity index (χ1v) is 6.15. The third-order valence-corrected chi connectivity index (χ3v) is 3.69. The Hall–Kier alpha value is -1.87. The Morgan fingerprint density at radius 2 is 1.94 bits per heavy atom. The molecule has 3 rings (SSSR count). The number of thiophene rings is 1. The molecule has 2 nitrogen and oxygen atoms in total. The first-order chi connectivity index (χ1) is 8.22. The number of hydrogen-bond donors (Lipinski definition) is 0. The molecular formula is C14H10O2S. The summed E-state index contributed by atoms with van der Waals surface area (Å²) in [6.07, 6.45) is 0. The van der Waals surface area contributed by atoms with Crippen molar-refractivity contribution in [3.63, 3.8) is 0 Å². The molecule has 84 valence electrons. The first kappa shape index (κ1) is 10.3. The Labute approximate surface area is 102 Å². The van der Waals surface area contributed by atoms with E-state index in [2.05, 4.69) is 19.1 Å². The highest BCUT2D eigenvalue weighted by Crippen LogP contribution is 2.29. The second-order valence-corrected chi connectivity index (χ2v) is 5.21. The highest BCUT2D eigenvalue weighted by molar-refractivity contribution is 7.15. The Morgan fingerprint density at radius 3 is 2.71 bits per heavy atom. The highest BCUT2D eigenvalue weighted by atomic mass is 32.1. The van der Waals surface area contributed by atoms with E-state index in [1.165, 1.54) is 15.8 Å². The maximum Gasteiger partial charge on any atom is 0.336 e. The maximum atomic E-state index is 11.1. The number of fused-ring (bicyclic) bond motifs is 1. The van der Waals surface area contributed by atoms with E-state index >= 15 is 0 Å². The fraction of sp³-hybridized carbons (Fsp3) is 0.0714. The molecule has 2 heterocycles. The van der Waals surface area contributed by atoms with Gasteiger partial charge in [-0.25, -0.2) is 4.79 Å². The van der Waals surface area contributed by atoms with E-state index < -0.39 is 0 Å². The van der Waals surface area contributed by atoms with E-state index in [1.807, 2.05) is 18.2 Å². The Bertz CT molecular complexity index is 737. The van der Waals surface area contributed by atoms with Gasteiger partial charge in [-0.1, -0.05) is 0 Å². The third-order valence-electron chi connectivity index (χ3n) is 2.64. The van der Waals surface area contributed by atoms with E-state index in [0.717, 1.165) is 10.9 Å². The zero-order chi connectivity index (χ0) is 11.8. The Morgan fingerprint density at radius 1 is 1.06 bits per heavy atom. The summed E-state index contributed by atoms with van der Waals surface area (Å²) in [5.41, 5.74) is 1.48. The van der Waals surface area contributed by atoms with Crippen LogP contribution in [0.3, 0.4) is 0 Å². The lowest BCUT2D eigenvalue weighted by Gasteiger charge is -2.00. The van der Waals surface area contributed by atoms with Gasteiger partial charge in [-0.2, -0.15) is 0 Å². The van der Waals surface area contributed by atoms with Crippen molar-refractivity contribution in [2.45, 2.75) is 6.92 Å². The van der Waals surface area contributed by atoms with Gasteiger partial charge < -0.3 is 4.42 Å². The van der Waals surface area contributed by atoms with Crippen LogP contribution in [0.25, 0.3) is 21.4 Å². The highest BCUT2D eigenvalue weighted by Gasteiger charge is 2.03. The van der Waals surface area contributed by atoms with Crippen LogP contribution in [0.1, 0.15) is 4.88 Å². The van der Waals surface area contributed by atoms with Crippen LogP contribution in [-0.4, -0.2) is 0 Å². The van der Waals surface area contributed by atoms with Crippen LogP contribution < -0.4 is 5.63 Å². The van der Waals surface area contributed by atoms with E-state index in [1.54, 1.807) is 17.4 Å². The summed E-state index contributed by atoms with van der Waals surface area (Å²) in [5.74, 6) is 0. The molecule has 1 aromatic carbocycles. The number of hydrogen-bond acceptors (Lipinski definition) is 3. The van der Waals surface area contributed by atoms with Crippen molar-refractivity contribution in [1.82, 2.24) is 0 Å². The second kappa shape index (κ2) is 3.86. The zero-order valence-corrected chi connectivity index (χ0v) is 10.1. The molecule has 0 saturated heterocycles. The van der Waals surface area contributed by atoms with Crippen LogP contribution in [0.2, 0.25) is 0 Å². The molecule has 0 bridgehead atoms. The average Bonchev–Trinajstić information content (AvgIpc) is 2.75. The number of rotatable bonds is 1. The first-order valence-electron chi connectivity index (χ1n) is 5.33. The van der Waals surface area contributed by atoms with E-state index in [4.69, 9.17) is 4.42 Å². The maximum absolute atomic E-state index is 11.1. The van der Waals surface area contributed by atoms with Gasteiger partial charge in [0.1, 0.15) is 5.58 Å². The van der Waals surface area contributed by atoms with Crippen LogP contribution >= 0.6 is 11.3 Å². The van der Waals surface area contributed by atoms with Gasteiger partial charge in [-0.05, 0) is 48.9 Å². The monoisotopic (exact) mass is 242 g/mol. The third kappa shape index (κ3) is 1.89. The normalized spacial score (nSPS) is 10.9. The smallest absolute Gasteiger partial charge is 0.336 e. The summed E-state index contributed by atoms with van der Waals surface area (Å²) in [7, 11) is 0. The SMILES string of the molecule is Cc1ccc(-c2ccc3oc(=O)ccc3c2)s1. The number of aryl methyl sites for hydroxylation is 1. The van der Waals surface area contributed by atoms with E-state index in [0.29, 0.717) is 5.58 Å². The van der Waals surface area contributed by atoms with E-state index in [9.17, 15) is 4.79 Å². The van der Waals surface area contributed by atoms with Gasteiger partial charge >= 0.3 is 5.63 Å². The van der Waals surface area contributed by atoms with Crippen LogP contribution in [0.4, 0.5) is 0 Å². The minimum absolute atomic E-state index is 0.308. The standard InChI is InChI=1S/C14H10O2S/c1-9-2-6-13(17-9)11-3-5-12-10(8-11)4-7-14(15)16-12/h2-8H,1H3.